The summed E-state index contributed by atoms with van der Waals surface area (Å²) in [5.41, 5.74) is 0.927. The lowest BCUT2D eigenvalue weighted by molar-refractivity contribution is 0.102. The third-order valence-corrected chi connectivity index (χ3v) is 2.73. The number of hydrogen-bond donors (Lipinski definition) is 1. The van der Waals surface area contributed by atoms with Crippen molar-refractivity contribution < 1.29 is 4.79 Å². The van der Waals surface area contributed by atoms with E-state index in [0.717, 1.165) is 0 Å². The summed E-state index contributed by atoms with van der Waals surface area (Å²) >= 11 is 17.3. The Morgan fingerprint density at radius 2 is 1.72 bits per heavy atom. The van der Waals surface area contributed by atoms with E-state index >= 15 is 0 Å². The van der Waals surface area contributed by atoms with E-state index in [1.807, 2.05) is 0 Å². The fourth-order valence-electron chi connectivity index (χ4n) is 1.37. The van der Waals surface area contributed by atoms with Gasteiger partial charge in [0.2, 0.25) is 0 Å². The van der Waals surface area contributed by atoms with Gasteiger partial charge in [-0.3, -0.25) is 4.79 Å². The SMILES string of the molecule is O=C(Nc1cc(Cl)nc(Cl)c1)c1cccc(Cl)c1. The summed E-state index contributed by atoms with van der Waals surface area (Å²) in [7, 11) is 0. The predicted molar refractivity (Wildman–Crippen MR) is 73.7 cm³/mol. The summed E-state index contributed by atoms with van der Waals surface area (Å²) in [6.07, 6.45) is 0. The van der Waals surface area contributed by atoms with Crippen LogP contribution in [-0.2, 0) is 0 Å². The first-order valence-electron chi connectivity index (χ1n) is 4.94. The Balaban J connectivity index is 2.21. The van der Waals surface area contributed by atoms with Gasteiger partial charge in [0, 0.05) is 16.3 Å². The van der Waals surface area contributed by atoms with Gasteiger partial charge in [-0.25, -0.2) is 4.98 Å². The smallest absolute Gasteiger partial charge is 0.255 e. The number of nitrogens with zero attached hydrogens (tertiary/aromatic N) is 1. The predicted octanol–water partition coefficient (Wildman–Crippen LogP) is 4.29. The number of carbonyl (C=O) groups is 1. The largest absolute Gasteiger partial charge is 0.322 e. The number of carbonyl (C=O) groups excluding carboxylic acids is 1. The summed E-state index contributed by atoms with van der Waals surface area (Å²) < 4.78 is 0. The summed E-state index contributed by atoms with van der Waals surface area (Å²) in [5, 5.41) is 3.58. The molecule has 1 aromatic carbocycles. The standard InChI is InChI=1S/C12H7Cl3N2O/c13-8-3-1-2-7(4-8)12(18)16-9-5-10(14)17-11(15)6-9/h1-6H,(H,16,17,18). The molecule has 0 atom stereocenters. The van der Waals surface area contributed by atoms with E-state index in [1.165, 1.54) is 12.1 Å². The highest BCUT2D eigenvalue weighted by atomic mass is 35.5. The molecule has 3 nitrogen and oxygen atoms in total. The zero-order valence-electron chi connectivity index (χ0n) is 8.95. The molecule has 0 saturated carbocycles. The van der Waals surface area contributed by atoms with E-state index in [1.54, 1.807) is 24.3 Å². The molecule has 0 bridgehead atoms. The number of rotatable bonds is 2. The molecule has 6 heteroatoms. The minimum absolute atomic E-state index is 0.212. The van der Waals surface area contributed by atoms with Crippen molar-refractivity contribution >= 4 is 46.4 Å². The second kappa shape index (κ2) is 5.57. The maximum atomic E-state index is 11.9. The molecule has 2 aromatic rings. The molecule has 0 aliphatic carbocycles. The number of aromatic nitrogens is 1. The molecular weight excluding hydrogens is 295 g/mol. The first-order chi connectivity index (χ1) is 8.54. The van der Waals surface area contributed by atoms with Crippen LogP contribution in [0, 0.1) is 0 Å². The number of halogens is 3. The normalized spacial score (nSPS) is 10.2. The molecule has 0 spiro atoms. The summed E-state index contributed by atoms with van der Waals surface area (Å²) in [5.74, 6) is -0.296. The lowest BCUT2D eigenvalue weighted by Gasteiger charge is -2.06. The first kappa shape index (κ1) is 13.1. The second-order valence-electron chi connectivity index (χ2n) is 3.47. The number of anilines is 1. The van der Waals surface area contributed by atoms with Crippen LogP contribution in [0.25, 0.3) is 0 Å². The molecule has 0 aliphatic rings. The third kappa shape index (κ3) is 3.35. The lowest BCUT2D eigenvalue weighted by atomic mass is 10.2. The Bertz CT molecular complexity index is 581. The molecule has 1 aromatic heterocycles. The summed E-state index contributed by atoms with van der Waals surface area (Å²) in [6.45, 7) is 0. The van der Waals surface area contributed by atoms with Gasteiger partial charge in [-0.2, -0.15) is 0 Å². The molecule has 0 radical (unpaired) electrons. The van der Waals surface area contributed by atoms with Gasteiger partial charge in [-0.1, -0.05) is 40.9 Å². The van der Waals surface area contributed by atoms with E-state index in [-0.39, 0.29) is 16.2 Å². The molecule has 0 aliphatic heterocycles. The number of pyridine rings is 1. The molecule has 2 rings (SSSR count). The summed E-state index contributed by atoms with van der Waals surface area (Å²) in [4.78, 5) is 15.7. The third-order valence-electron chi connectivity index (χ3n) is 2.11. The van der Waals surface area contributed by atoms with Crippen molar-refractivity contribution in [3.8, 4) is 0 Å². The van der Waals surface area contributed by atoms with Crippen LogP contribution in [0.5, 0.6) is 0 Å². The second-order valence-corrected chi connectivity index (χ2v) is 4.68. The van der Waals surface area contributed by atoms with Gasteiger partial charge in [0.25, 0.3) is 5.91 Å². The number of nitrogens with one attached hydrogen (secondary N) is 1. The Morgan fingerprint density at radius 3 is 2.33 bits per heavy atom. The molecule has 0 unspecified atom stereocenters. The quantitative estimate of drug-likeness (QED) is 0.841. The van der Waals surface area contributed by atoms with Crippen molar-refractivity contribution in [3.05, 3.63) is 57.3 Å². The highest BCUT2D eigenvalue weighted by molar-refractivity contribution is 6.33. The molecule has 1 N–H and O–H groups in total. The molecule has 1 amide bonds. The van der Waals surface area contributed by atoms with Gasteiger partial charge in [0.05, 0.1) is 0 Å². The minimum Gasteiger partial charge on any atom is -0.322 e. The van der Waals surface area contributed by atoms with E-state index < -0.39 is 0 Å². The molecule has 1 heterocycles. The Morgan fingerprint density at radius 1 is 1.06 bits per heavy atom. The van der Waals surface area contributed by atoms with E-state index in [2.05, 4.69) is 10.3 Å². The number of benzene rings is 1. The van der Waals surface area contributed by atoms with Crippen molar-refractivity contribution in [1.82, 2.24) is 4.98 Å². The average molecular weight is 302 g/mol. The van der Waals surface area contributed by atoms with Crippen LogP contribution >= 0.6 is 34.8 Å². The van der Waals surface area contributed by atoms with Crippen molar-refractivity contribution in [2.24, 2.45) is 0 Å². The Hall–Kier alpha value is -1.29. The monoisotopic (exact) mass is 300 g/mol. The van der Waals surface area contributed by atoms with E-state index in [0.29, 0.717) is 16.3 Å². The minimum atomic E-state index is -0.296. The van der Waals surface area contributed by atoms with E-state index in [4.69, 9.17) is 34.8 Å². The maximum Gasteiger partial charge on any atom is 0.255 e. The molecule has 0 saturated heterocycles. The summed E-state index contributed by atoms with van der Waals surface area (Å²) in [6, 6.07) is 9.64. The topological polar surface area (TPSA) is 42.0 Å². The lowest BCUT2D eigenvalue weighted by Crippen LogP contribution is -2.11. The zero-order chi connectivity index (χ0) is 13.1. The maximum absolute atomic E-state index is 11.9. The van der Waals surface area contributed by atoms with E-state index in [9.17, 15) is 4.79 Å². The fourth-order valence-corrected chi connectivity index (χ4v) is 2.02. The highest BCUT2D eigenvalue weighted by Crippen LogP contribution is 2.19. The van der Waals surface area contributed by atoms with Crippen LogP contribution in [0.3, 0.4) is 0 Å². The van der Waals surface area contributed by atoms with Crippen molar-refractivity contribution in [1.29, 1.82) is 0 Å². The molecule has 18 heavy (non-hydrogen) atoms. The van der Waals surface area contributed by atoms with Gasteiger partial charge in [-0.05, 0) is 30.3 Å². The van der Waals surface area contributed by atoms with Crippen LogP contribution < -0.4 is 5.32 Å². The van der Waals surface area contributed by atoms with Crippen LogP contribution in [0.2, 0.25) is 15.3 Å². The van der Waals surface area contributed by atoms with Crippen molar-refractivity contribution in [2.75, 3.05) is 5.32 Å². The van der Waals surface area contributed by atoms with Gasteiger partial charge in [0.15, 0.2) is 0 Å². The van der Waals surface area contributed by atoms with Crippen LogP contribution in [0.4, 0.5) is 5.69 Å². The first-order valence-corrected chi connectivity index (χ1v) is 6.08. The average Bonchev–Trinajstić information content (AvgIpc) is 2.27. The number of amides is 1. The molecule has 92 valence electrons. The van der Waals surface area contributed by atoms with Crippen molar-refractivity contribution in [2.45, 2.75) is 0 Å². The van der Waals surface area contributed by atoms with Gasteiger partial charge in [0.1, 0.15) is 10.3 Å². The van der Waals surface area contributed by atoms with Gasteiger partial charge >= 0.3 is 0 Å². The van der Waals surface area contributed by atoms with Gasteiger partial charge in [-0.15, -0.1) is 0 Å². The molecular formula is C12H7Cl3N2O. The van der Waals surface area contributed by atoms with Crippen LogP contribution in [-0.4, -0.2) is 10.9 Å². The Kier molecular flexibility index (Phi) is 4.07. The zero-order valence-corrected chi connectivity index (χ0v) is 11.2. The van der Waals surface area contributed by atoms with Crippen LogP contribution in [0.15, 0.2) is 36.4 Å². The fraction of sp³-hybridized carbons (Fsp3) is 0. The number of hydrogen-bond acceptors (Lipinski definition) is 2. The highest BCUT2D eigenvalue weighted by Gasteiger charge is 2.07. The van der Waals surface area contributed by atoms with Crippen molar-refractivity contribution in [3.63, 3.8) is 0 Å². The van der Waals surface area contributed by atoms with Gasteiger partial charge < -0.3 is 5.32 Å². The Labute approximate surface area is 119 Å². The van der Waals surface area contributed by atoms with Crippen LogP contribution in [0.1, 0.15) is 10.4 Å². The molecule has 0 fully saturated rings.